The fourth-order valence-corrected chi connectivity index (χ4v) is 2.84. The van der Waals surface area contributed by atoms with Gasteiger partial charge in [-0.15, -0.1) is 0 Å². The third-order valence-electron chi connectivity index (χ3n) is 3.35. The van der Waals surface area contributed by atoms with Gasteiger partial charge in [0.25, 0.3) is 5.56 Å². The molecule has 0 aliphatic rings. The van der Waals surface area contributed by atoms with Crippen molar-refractivity contribution >= 4 is 33.5 Å². The molecule has 1 atom stereocenters. The Balaban J connectivity index is 2.35. The zero-order valence-electron chi connectivity index (χ0n) is 14.0. The summed E-state index contributed by atoms with van der Waals surface area (Å²) in [5, 5.41) is 0.583. The van der Waals surface area contributed by atoms with Crippen molar-refractivity contribution in [2.75, 3.05) is 0 Å². The van der Waals surface area contributed by atoms with E-state index in [9.17, 15) is 9.59 Å². The summed E-state index contributed by atoms with van der Waals surface area (Å²) in [4.78, 5) is 24.6. The Morgan fingerprint density at radius 3 is 2.50 bits per heavy atom. The molecule has 0 saturated carbocycles. The molecule has 0 spiro atoms. The van der Waals surface area contributed by atoms with Gasteiger partial charge in [-0.25, -0.2) is 4.79 Å². The summed E-state index contributed by atoms with van der Waals surface area (Å²) < 4.78 is 7.53. The van der Waals surface area contributed by atoms with Crippen LogP contribution in [0.1, 0.15) is 33.7 Å². The number of halogens is 2. The molecule has 0 unspecified atom stereocenters. The van der Waals surface area contributed by atoms with Crippen LogP contribution in [0.4, 0.5) is 0 Å². The smallest absolute Gasteiger partial charge is 0.329 e. The lowest BCUT2D eigenvalue weighted by atomic mass is 10.1. The number of rotatable bonds is 3. The summed E-state index contributed by atoms with van der Waals surface area (Å²) in [5.74, 6) is -0.443. The number of carbonyl (C=O) groups is 1. The molecule has 24 heavy (non-hydrogen) atoms. The molecule has 1 heterocycles. The van der Waals surface area contributed by atoms with Crippen LogP contribution in [0.3, 0.4) is 0 Å². The van der Waals surface area contributed by atoms with E-state index in [0.29, 0.717) is 5.02 Å². The minimum absolute atomic E-state index is 0.280. The maximum Gasteiger partial charge on any atom is 0.329 e. The molecule has 1 aromatic heterocycles. The number of hydrogen-bond acceptors (Lipinski definition) is 3. The average Bonchev–Trinajstić information content (AvgIpc) is 2.47. The van der Waals surface area contributed by atoms with Crippen LogP contribution in [-0.4, -0.2) is 16.1 Å². The standard InChI is InChI=1S/C18H19BrClNO3/c1-11(17(23)24-18(2,3)4)21-8-7-12(9-16(21)22)14-10-13(20)5-6-15(14)19/h5-11H,1-4H3/t11-/m1/s1. The quantitative estimate of drug-likeness (QED) is 0.678. The van der Waals surface area contributed by atoms with Gasteiger partial charge in [0.15, 0.2) is 0 Å². The number of benzene rings is 1. The molecule has 128 valence electrons. The lowest BCUT2D eigenvalue weighted by Gasteiger charge is -2.23. The summed E-state index contributed by atoms with van der Waals surface area (Å²) in [6, 6.07) is 7.93. The number of esters is 1. The summed E-state index contributed by atoms with van der Waals surface area (Å²) >= 11 is 9.48. The molecule has 0 radical (unpaired) electrons. The first-order valence-electron chi connectivity index (χ1n) is 7.49. The van der Waals surface area contributed by atoms with Crippen molar-refractivity contribution in [1.29, 1.82) is 0 Å². The van der Waals surface area contributed by atoms with Gasteiger partial charge in [-0.2, -0.15) is 0 Å². The molecule has 6 heteroatoms. The van der Waals surface area contributed by atoms with E-state index in [0.717, 1.165) is 15.6 Å². The van der Waals surface area contributed by atoms with Crippen molar-refractivity contribution in [2.24, 2.45) is 0 Å². The van der Waals surface area contributed by atoms with Gasteiger partial charge in [-0.3, -0.25) is 4.79 Å². The largest absolute Gasteiger partial charge is 0.458 e. The van der Waals surface area contributed by atoms with E-state index in [4.69, 9.17) is 16.3 Å². The van der Waals surface area contributed by atoms with E-state index in [-0.39, 0.29) is 5.56 Å². The van der Waals surface area contributed by atoms with Crippen LogP contribution in [0, 0.1) is 0 Å². The molecule has 2 aromatic rings. The molecular formula is C18H19BrClNO3. The van der Waals surface area contributed by atoms with Crippen molar-refractivity contribution in [3.63, 3.8) is 0 Å². The van der Waals surface area contributed by atoms with Gasteiger partial charge in [0, 0.05) is 21.8 Å². The maximum absolute atomic E-state index is 12.4. The Kier molecular flexibility index (Phi) is 5.56. The first kappa shape index (κ1) is 18.7. The Hall–Kier alpha value is -1.59. The van der Waals surface area contributed by atoms with Gasteiger partial charge < -0.3 is 9.30 Å². The Labute approximate surface area is 154 Å². The fraction of sp³-hybridized carbons (Fsp3) is 0.333. The Morgan fingerprint density at radius 2 is 1.92 bits per heavy atom. The van der Waals surface area contributed by atoms with Gasteiger partial charge in [0.1, 0.15) is 11.6 Å². The average molecular weight is 413 g/mol. The van der Waals surface area contributed by atoms with Crippen LogP contribution in [0.2, 0.25) is 5.02 Å². The molecule has 0 aliphatic carbocycles. The highest BCUT2D eigenvalue weighted by atomic mass is 79.9. The summed E-state index contributed by atoms with van der Waals surface area (Å²) in [7, 11) is 0. The molecule has 0 aliphatic heterocycles. The van der Waals surface area contributed by atoms with Gasteiger partial charge in [0.2, 0.25) is 0 Å². The van der Waals surface area contributed by atoms with Crippen molar-refractivity contribution in [1.82, 2.24) is 4.57 Å². The third kappa shape index (κ3) is 4.48. The van der Waals surface area contributed by atoms with Crippen LogP contribution in [0.15, 0.2) is 45.8 Å². The number of aromatic nitrogens is 1. The van der Waals surface area contributed by atoms with E-state index in [1.165, 1.54) is 10.6 Å². The monoisotopic (exact) mass is 411 g/mol. The summed E-state index contributed by atoms with van der Waals surface area (Å²) in [6.45, 7) is 7.02. The second-order valence-corrected chi connectivity index (χ2v) is 7.79. The maximum atomic E-state index is 12.4. The number of ether oxygens (including phenoxy) is 1. The number of carbonyl (C=O) groups excluding carboxylic acids is 1. The molecule has 4 nitrogen and oxygen atoms in total. The van der Waals surface area contributed by atoms with Crippen LogP contribution < -0.4 is 5.56 Å². The zero-order valence-corrected chi connectivity index (χ0v) is 16.3. The Morgan fingerprint density at radius 1 is 1.25 bits per heavy atom. The van der Waals surface area contributed by atoms with E-state index in [1.54, 1.807) is 52.1 Å². The summed E-state index contributed by atoms with van der Waals surface area (Å²) in [5.41, 5.74) is 0.664. The predicted octanol–water partition coefficient (Wildman–Crippen LogP) is 4.83. The van der Waals surface area contributed by atoms with Gasteiger partial charge in [-0.05, 0) is 63.1 Å². The van der Waals surface area contributed by atoms with Crippen molar-refractivity contribution in [2.45, 2.75) is 39.3 Å². The minimum Gasteiger partial charge on any atom is -0.458 e. The molecular weight excluding hydrogens is 394 g/mol. The fourth-order valence-electron chi connectivity index (χ4n) is 2.20. The topological polar surface area (TPSA) is 48.3 Å². The number of hydrogen-bond donors (Lipinski definition) is 0. The SMILES string of the molecule is C[C@H](C(=O)OC(C)(C)C)n1ccc(-c2cc(Cl)ccc2Br)cc1=O. The highest BCUT2D eigenvalue weighted by Crippen LogP contribution is 2.30. The molecule has 0 amide bonds. The van der Waals surface area contributed by atoms with Crippen molar-refractivity contribution in [3.05, 3.63) is 56.4 Å². The van der Waals surface area contributed by atoms with Crippen LogP contribution in [-0.2, 0) is 9.53 Å². The first-order chi connectivity index (χ1) is 11.1. The second-order valence-electron chi connectivity index (χ2n) is 6.49. The van der Waals surface area contributed by atoms with Gasteiger partial charge >= 0.3 is 5.97 Å². The van der Waals surface area contributed by atoms with Crippen LogP contribution in [0.5, 0.6) is 0 Å². The summed E-state index contributed by atoms with van der Waals surface area (Å²) in [6.07, 6.45) is 1.60. The molecule has 0 bridgehead atoms. The van der Waals surface area contributed by atoms with Gasteiger partial charge in [0.05, 0.1) is 0 Å². The van der Waals surface area contributed by atoms with Crippen molar-refractivity contribution < 1.29 is 9.53 Å². The molecule has 2 rings (SSSR count). The Bertz CT molecular complexity index is 824. The van der Waals surface area contributed by atoms with E-state index >= 15 is 0 Å². The van der Waals surface area contributed by atoms with Crippen molar-refractivity contribution in [3.8, 4) is 11.1 Å². The van der Waals surface area contributed by atoms with E-state index in [2.05, 4.69) is 15.9 Å². The van der Waals surface area contributed by atoms with Gasteiger partial charge in [-0.1, -0.05) is 27.5 Å². The lowest BCUT2D eigenvalue weighted by molar-refractivity contribution is -0.158. The molecule has 1 aromatic carbocycles. The van der Waals surface area contributed by atoms with E-state index < -0.39 is 17.6 Å². The number of nitrogens with zero attached hydrogens (tertiary/aromatic N) is 1. The predicted molar refractivity (Wildman–Crippen MR) is 99.4 cm³/mol. The third-order valence-corrected chi connectivity index (χ3v) is 4.28. The lowest BCUT2D eigenvalue weighted by Crippen LogP contribution is -2.33. The highest BCUT2D eigenvalue weighted by molar-refractivity contribution is 9.10. The molecule has 0 fully saturated rings. The van der Waals surface area contributed by atoms with E-state index in [1.807, 2.05) is 6.07 Å². The second kappa shape index (κ2) is 7.11. The number of pyridine rings is 1. The minimum atomic E-state index is -0.700. The molecule has 0 saturated heterocycles. The van der Waals surface area contributed by atoms with Crippen LogP contribution >= 0.6 is 27.5 Å². The zero-order chi connectivity index (χ0) is 18.1. The van der Waals surface area contributed by atoms with Crippen LogP contribution in [0.25, 0.3) is 11.1 Å². The normalized spacial score (nSPS) is 12.8. The highest BCUT2D eigenvalue weighted by Gasteiger charge is 2.23. The molecule has 0 N–H and O–H groups in total. The first-order valence-corrected chi connectivity index (χ1v) is 8.66.